The lowest BCUT2D eigenvalue weighted by Crippen LogP contribution is -2.45. The Morgan fingerprint density at radius 3 is 2.10 bits per heavy atom. The van der Waals surface area contributed by atoms with Gasteiger partial charge in [0.15, 0.2) is 0 Å². The van der Waals surface area contributed by atoms with Crippen LogP contribution in [0.5, 0.6) is 0 Å². The van der Waals surface area contributed by atoms with Crippen molar-refractivity contribution in [2.75, 3.05) is 40.9 Å². The van der Waals surface area contributed by atoms with E-state index in [9.17, 15) is 19.4 Å². The highest BCUT2D eigenvalue weighted by Gasteiger charge is 2.27. The summed E-state index contributed by atoms with van der Waals surface area (Å²) >= 11 is 0. The van der Waals surface area contributed by atoms with Gasteiger partial charge < -0.3 is 19.8 Å². The van der Waals surface area contributed by atoms with Gasteiger partial charge in [-0.15, -0.1) is 0 Å². The number of carbonyl (C=O) groups excluding carboxylic acids is 1. The average Bonchev–Trinajstić information content (AvgIpc) is 2.88. The largest absolute Gasteiger partial charge is 0.472 e. The van der Waals surface area contributed by atoms with Gasteiger partial charge in [-0.2, -0.15) is 0 Å². The van der Waals surface area contributed by atoms with Crippen molar-refractivity contribution >= 4 is 13.7 Å². The van der Waals surface area contributed by atoms with Crippen LogP contribution in [-0.2, 0) is 18.4 Å². The molecular weight excluding hydrogens is 527 g/mol. The summed E-state index contributed by atoms with van der Waals surface area (Å²) in [6, 6.07) is -0.846. The number of aliphatic hydroxyl groups is 1. The zero-order valence-corrected chi connectivity index (χ0v) is 27.0. The number of carbonyl (C=O) groups is 1. The maximum Gasteiger partial charge on any atom is 0.472 e. The fraction of sp³-hybridized carbons (Fsp3) is 0.774. The highest BCUT2D eigenvalue weighted by molar-refractivity contribution is 7.47. The predicted octanol–water partition coefficient (Wildman–Crippen LogP) is 6.84. The third kappa shape index (κ3) is 25.7. The summed E-state index contributed by atoms with van der Waals surface area (Å²) in [7, 11) is 1.54. The van der Waals surface area contributed by atoms with Crippen molar-refractivity contribution in [2.45, 2.75) is 116 Å². The molecule has 0 aromatic rings. The van der Waals surface area contributed by atoms with Crippen molar-refractivity contribution in [3.8, 4) is 0 Å². The van der Waals surface area contributed by atoms with Crippen molar-refractivity contribution in [3.05, 3.63) is 36.5 Å². The Hall–Kier alpha value is -1.28. The van der Waals surface area contributed by atoms with E-state index in [0.717, 1.165) is 57.8 Å². The van der Waals surface area contributed by atoms with Crippen molar-refractivity contribution in [3.63, 3.8) is 0 Å². The van der Waals surface area contributed by atoms with Gasteiger partial charge in [0.25, 0.3) is 0 Å². The molecule has 8 nitrogen and oxygen atoms in total. The molecule has 3 atom stereocenters. The number of unbranched alkanes of at least 4 members (excludes halogenated alkanes) is 9. The number of allylic oxidation sites excluding steroid dienone is 5. The fourth-order valence-corrected chi connectivity index (χ4v) is 4.52. The van der Waals surface area contributed by atoms with E-state index >= 15 is 0 Å². The molecule has 9 heteroatoms. The molecule has 0 saturated carbocycles. The van der Waals surface area contributed by atoms with Crippen LogP contribution in [0, 0.1) is 0 Å². The van der Waals surface area contributed by atoms with E-state index in [1.807, 2.05) is 34.1 Å². The van der Waals surface area contributed by atoms with Crippen molar-refractivity contribution in [1.29, 1.82) is 0 Å². The number of aliphatic hydroxyl groups excluding tert-OH is 1. The summed E-state index contributed by atoms with van der Waals surface area (Å²) in [5.41, 5.74) is 0. The topological polar surface area (TPSA) is 105 Å². The Bertz CT molecular complexity index is 763. The second-order valence-electron chi connectivity index (χ2n) is 11.5. The third-order valence-electron chi connectivity index (χ3n) is 6.34. The normalized spacial score (nSPS) is 15.7. The van der Waals surface area contributed by atoms with Crippen LogP contribution in [0.3, 0.4) is 0 Å². The van der Waals surface area contributed by atoms with Gasteiger partial charge in [-0.3, -0.25) is 13.8 Å². The van der Waals surface area contributed by atoms with Crippen molar-refractivity contribution < 1.29 is 32.9 Å². The maximum atomic E-state index is 12.5. The number of phosphoric ester groups is 1. The van der Waals surface area contributed by atoms with Gasteiger partial charge in [-0.25, -0.2) is 4.57 Å². The van der Waals surface area contributed by atoms with Crippen molar-refractivity contribution in [1.82, 2.24) is 5.32 Å². The number of nitrogens with one attached hydrogen (secondary N) is 1. The number of amides is 1. The zero-order valence-electron chi connectivity index (χ0n) is 26.1. The Morgan fingerprint density at radius 2 is 1.48 bits per heavy atom. The lowest BCUT2D eigenvalue weighted by molar-refractivity contribution is -0.870. The number of rotatable bonds is 26. The fourth-order valence-electron chi connectivity index (χ4n) is 3.78. The minimum absolute atomic E-state index is 0.0556. The van der Waals surface area contributed by atoms with E-state index in [1.165, 1.54) is 25.7 Å². The number of hydrogen-bond donors (Lipinski definition) is 3. The van der Waals surface area contributed by atoms with E-state index in [2.05, 4.69) is 36.5 Å². The number of quaternary nitrogens is 1. The molecule has 0 aliphatic rings. The second kappa shape index (κ2) is 24.3. The first-order chi connectivity index (χ1) is 19.0. The Kier molecular flexibility index (Phi) is 23.6. The highest BCUT2D eigenvalue weighted by atomic mass is 31.2. The lowest BCUT2D eigenvalue weighted by Gasteiger charge is -2.25. The summed E-state index contributed by atoms with van der Waals surface area (Å²) < 4.78 is 23.0. The first kappa shape index (κ1) is 38.7. The molecular formula is C31H60N2O6P+. The van der Waals surface area contributed by atoms with Gasteiger partial charge in [0, 0.05) is 6.42 Å². The molecule has 0 fully saturated rings. The Labute approximate surface area is 245 Å². The number of phosphoric acid groups is 1. The SMILES string of the molecule is CCC/C=C/C(O)C(COP(=O)(O)OCC[N+](C)(C)C)NC(=O)CCCCCCC/C=C\C/C=C\CCCCC. The number of nitrogens with zero attached hydrogens (tertiary/aromatic N) is 1. The smallest absolute Gasteiger partial charge is 0.387 e. The van der Waals surface area contributed by atoms with Gasteiger partial charge in [-0.05, 0) is 44.9 Å². The molecule has 0 rings (SSSR count). The van der Waals surface area contributed by atoms with E-state index in [0.29, 0.717) is 17.4 Å². The molecule has 0 aromatic heterocycles. The Morgan fingerprint density at radius 1 is 0.850 bits per heavy atom. The molecule has 40 heavy (non-hydrogen) atoms. The van der Waals surface area contributed by atoms with Crippen LogP contribution in [0.15, 0.2) is 36.5 Å². The number of hydrogen-bond acceptors (Lipinski definition) is 5. The zero-order chi connectivity index (χ0) is 30.1. The summed E-state index contributed by atoms with van der Waals surface area (Å²) in [4.78, 5) is 22.6. The van der Waals surface area contributed by atoms with E-state index < -0.39 is 20.0 Å². The highest BCUT2D eigenvalue weighted by Crippen LogP contribution is 2.43. The molecule has 0 bridgehead atoms. The summed E-state index contributed by atoms with van der Waals surface area (Å²) in [5.74, 6) is -0.207. The Balaban J connectivity index is 4.34. The molecule has 0 spiro atoms. The first-order valence-electron chi connectivity index (χ1n) is 15.4. The molecule has 0 heterocycles. The van der Waals surface area contributed by atoms with Gasteiger partial charge in [0.05, 0.1) is 39.9 Å². The molecule has 0 aliphatic heterocycles. The molecule has 3 N–H and O–H groups in total. The van der Waals surface area contributed by atoms with Crippen LogP contribution in [-0.4, -0.2) is 73.4 Å². The van der Waals surface area contributed by atoms with E-state index in [1.54, 1.807) is 6.08 Å². The molecule has 0 aliphatic carbocycles. The van der Waals surface area contributed by atoms with Gasteiger partial charge in [-0.1, -0.05) is 88.8 Å². The molecule has 1 amide bonds. The van der Waals surface area contributed by atoms with Gasteiger partial charge >= 0.3 is 7.82 Å². The summed E-state index contributed by atoms with van der Waals surface area (Å²) in [5, 5.41) is 13.3. The second-order valence-corrected chi connectivity index (χ2v) is 12.9. The van der Waals surface area contributed by atoms with Crippen molar-refractivity contribution in [2.24, 2.45) is 0 Å². The van der Waals surface area contributed by atoms with Gasteiger partial charge in [0.1, 0.15) is 13.2 Å². The molecule has 3 unspecified atom stereocenters. The standard InChI is InChI=1S/C31H59N2O6P/c1-6-8-10-11-12-13-14-15-16-17-18-19-20-21-23-25-31(35)32-29(30(34)24-22-9-7-2)28-39-40(36,37)38-27-26-33(3,4)5/h12-13,15-16,22,24,29-30,34H,6-11,14,17-21,23,25-28H2,1-5H3,(H-,32,35,36,37)/p+1/b13-12-,16-15-,24-22+. The van der Waals surface area contributed by atoms with Crippen LogP contribution in [0.2, 0.25) is 0 Å². The van der Waals surface area contributed by atoms with Crippen LogP contribution >= 0.6 is 7.82 Å². The monoisotopic (exact) mass is 587 g/mol. The molecule has 0 saturated heterocycles. The van der Waals surface area contributed by atoms with E-state index in [-0.39, 0.29) is 19.1 Å². The van der Waals surface area contributed by atoms with Crippen LogP contribution in [0.25, 0.3) is 0 Å². The molecule has 234 valence electrons. The summed E-state index contributed by atoms with van der Waals surface area (Å²) in [6.07, 6.45) is 25.7. The van der Waals surface area contributed by atoms with Crippen LogP contribution in [0.4, 0.5) is 0 Å². The lowest BCUT2D eigenvalue weighted by atomic mass is 10.1. The van der Waals surface area contributed by atoms with Crippen LogP contribution < -0.4 is 5.32 Å². The average molecular weight is 588 g/mol. The maximum absolute atomic E-state index is 12.5. The molecule has 0 radical (unpaired) electrons. The van der Waals surface area contributed by atoms with E-state index in [4.69, 9.17) is 9.05 Å². The van der Waals surface area contributed by atoms with Crippen LogP contribution in [0.1, 0.15) is 104 Å². The minimum Gasteiger partial charge on any atom is -0.387 e. The number of likely N-dealkylation sites (N-methyl/N-ethyl adjacent to an activating group) is 1. The van der Waals surface area contributed by atoms with Gasteiger partial charge in [0.2, 0.25) is 5.91 Å². The first-order valence-corrected chi connectivity index (χ1v) is 16.9. The summed E-state index contributed by atoms with van der Waals surface area (Å²) in [6.45, 7) is 4.51. The predicted molar refractivity (Wildman–Crippen MR) is 166 cm³/mol. The molecule has 0 aromatic carbocycles. The third-order valence-corrected chi connectivity index (χ3v) is 7.32. The quantitative estimate of drug-likeness (QED) is 0.0443. The minimum atomic E-state index is -4.31.